The molecule has 1 amide bonds. The maximum Gasteiger partial charge on any atom is 0.225 e. The Labute approximate surface area is 108 Å². The summed E-state index contributed by atoms with van der Waals surface area (Å²) < 4.78 is 0. The summed E-state index contributed by atoms with van der Waals surface area (Å²) in [5.41, 5.74) is 3.89. The van der Waals surface area contributed by atoms with E-state index in [-0.39, 0.29) is 11.3 Å². The Morgan fingerprint density at radius 2 is 2.06 bits per heavy atom. The van der Waals surface area contributed by atoms with E-state index in [1.54, 1.807) is 0 Å². The number of para-hydroxylation sites is 1. The minimum Gasteiger partial charge on any atom is -0.326 e. The largest absolute Gasteiger partial charge is 0.326 e. The van der Waals surface area contributed by atoms with Crippen LogP contribution in [0.25, 0.3) is 0 Å². The van der Waals surface area contributed by atoms with E-state index in [0.29, 0.717) is 6.42 Å². The van der Waals surface area contributed by atoms with Crippen molar-refractivity contribution in [3.63, 3.8) is 0 Å². The highest BCUT2D eigenvalue weighted by molar-refractivity contribution is 5.95. The summed E-state index contributed by atoms with van der Waals surface area (Å²) in [6.07, 6.45) is 7.37. The lowest BCUT2D eigenvalue weighted by molar-refractivity contribution is -0.118. The number of hydrogen-bond donors (Lipinski definition) is 1. The molecule has 1 aromatic carbocycles. The molecule has 2 nitrogen and oxygen atoms in total. The van der Waals surface area contributed by atoms with Gasteiger partial charge in [0.2, 0.25) is 5.91 Å². The van der Waals surface area contributed by atoms with Crippen molar-refractivity contribution in [2.45, 2.75) is 44.4 Å². The summed E-state index contributed by atoms with van der Waals surface area (Å²) in [6, 6.07) is 8.30. The van der Waals surface area contributed by atoms with Crippen molar-refractivity contribution in [2.75, 3.05) is 5.32 Å². The lowest BCUT2D eigenvalue weighted by atomic mass is 9.69. The molecule has 94 valence electrons. The SMILES string of the molecule is CC1=CCCC2(CC1)CC(=O)Nc1ccccc12. The molecule has 0 fully saturated rings. The maximum absolute atomic E-state index is 12.0. The number of allylic oxidation sites excluding steroid dienone is 2. The topological polar surface area (TPSA) is 29.1 Å². The Morgan fingerprint density at radius 3 is 2.94 bits per heavy atom. The number of carbonyl (C=O) groups excluding carboxylic acids is 1. The van der Waals surface area contributed by atoms with Gasteiger partial charge in [0.25, 0.3) is 0 Å². The van der Waals surface area contributed by atoms with Crippen LogP contribution in [0.4, 0.5) is 5.69 Å². The molecule has 1 atom stereocenters. The van der Waals surface area contributed by atoms with Crippen molar-refractivity contribution in [2.24, 2.45) is 0 Å². The van der Waals surface area contributed by atoms with Crippen molar-refractivity contribution in [3.05, 3.63) is 41.5 Å². The third-order valence-corrected chi connectivity index (χ3v) is 4.39. The number of anilines is 1. The molecule has 1 N–H and O–H groups in total. The minimum atomic E-state index is 0.0627. The molecule has 0 saturated heterocycles. The second-order valence-electron chi connectivity index (χ2n) is 5.64. The van der Waals surface area contributed by atoms with Gasteiger partial charge in [0.15, 0.2) is 0 Å². The zero-order valence-electron chi connectivity index (χ0n) is 10.8. The molecular weight excluding hydrogens is 222 g/mol. The quantitative estimate of drug-likeness (QED) is 0.688. The molecule has 1 spiro atoms. The first-order chi connectivity index (χ1) is 8.70. The fraction of sp³-hybridized carbons (Fsp3) is 0.438. The van der Waals surface area contributed by atoms with Crippen molar-refractivity contribution >= 4 is 11.6 Å². The monoisotopic (exact) mass is 241 g/mol. The Morgan fingerprint density at radius 1 is 1.22 bits per heavy atom. The van der Waals surface area contributed by atoms with E-state index in [4.69, 9.17) is 0 Å². The first-order valence-electron chi connectivity index (χ1n) is 6.75. The summed E-state index contributed by atoms with van der Waals surface area (Å²) in [6.45, 7) is 2.20. The average Bonchev–Trinajstić information content (AvgIpc) is 2.53. The standard InChI is InChI=1S/C16H19NO/c1-12-5-4-9-16(10-8-12)11-15(18)17-14-7-3-2-6-13(14)16/h2-3,5-7H,4,8-11H2,1H3,(H,17,18). The smallest absolute Gasteiger partial charge is 0.225 e. The molecule has 1 aliphatic carbocycles. The zero-order chi connectivity index (χ0) is 12.6. The summed E-state index contributed by atoms with van der Waals surface area (Å²) in [5, 5.41) is 3.01. The van der Waals surface area contributed by atoms with Gasteiger partial charge < -0.3 is 5.32 Å². The van der Waals surface area contributed by atoms with Crippen LogP contribution in [0.1, 0.15) is 44.6 Å². The van der Waals surface area contributed by atoms with Gasteiger partial charge in [-0.2, -0.15) is 0 Å². The van der Waals surface area contributed by atoms with Gasteiger partial charge in [0, 0.05) is 17.5 Å². The highest BCUT2D eigenvalue weighted by atomic mass is 16.1. The number of rotatable bonds is 0. The van der Waals surface area contributed by atoms with Crippen LogP contribution >= 0.6 is 0 Å². The first-order valence-corrected chi connectivity index (χ1v) is 6.75. The van der Waals surface area contributed by atoms with Crippen molar-refractivity contribution in [1.82, 2.24) is 0 Å². The summed E-state index contributed by atoms with van der Waals surface area (Å²) in [4.78, 5) is 12.0. The Hall–Kier alpha value is -1.57. The molecule has 3 rings (SSSR count). The highest BCUT2D eigenvalue weighted by Crippen LogP contribution is 2.46. The van der Waals surface area contributed by atoms with Gasteiger partial charge in [-0.3, -0.25) is 4.79 Å². The molecule has 18 heavy (non-hydrogen) atoms. The summed E-state index contributed by atoms with van der Waals surface area (Å²) >= 11 is 0. The second kappa shape index (κ2) is 4.27. The van der Waals surface area contributed by atoms with Gasteiger partial charge in [0.05, 0.1) is 0 Å². The second-order valence-corrected chi connectivity index (χ2v) is 5.64. The number of nitrogens with one attached hydrogen (secondary N) is 1. The number of carbonyl (C=O) groups is 1. The molecular formula is C16H19NO. The van der Waals surface area contributed by atoms with Crippen LogP contribution in [0.2, 0.25) is 0 Å². The Kier molecular flexibility index (Phi) is 2.73. The number of benzene rings is 1. The molecule has 0 aromatic heterocycles. The van der Waals surface area contributed by atoms with Crippen LogP contribution in [0.5, 0.6) is 0 Å². The van der Waals surface area contributed by atoms with E-state index in [9.17, 15) is 4.79 Å². The van der Waals surface area contributed by atoms with E-state index < -0.39 is 0 Å². The molecule has 0 radical (unpaired) electrons. The van der Waals surface area contributed by atoms with Crippen LogP contribution in [-0.4, -0.2) is 5.91 Å². The lowest BCUT2D eigenvalue weighted by Gasteiger charge is -2.38. The van der Waals surface area contributed by atoms with Gasteiger partial charge in [-0.15, -0.1) is 0 Å². The summed E-state index contributed by atoms with van der Waals surface area (Å²) in [5.74, 6) is 0.174. The van der Waals surface area contributed by atoms with Crippen LogP contribution in [0.3, 0.4) is 0 Å². The van der Waals surface area contributed by atoms with E-state index in [2.05, 4.69) is 30.4 Å². The van der Waals surface area contributed by atoms with E-state index in [1.165, 1.54) is 11.1 Å². The van der Waals surface area contributed by atoms with Crippen LogP contribution in [0.15, 0.2) is 35.9 Å². The van der Waals surface area contributed by atoms with E-state index >= 15 is 0 Å². The summed E-state index contributed by atoms with van der Waals surface area (Å²) in [7, 11) is 0. The van der Waals surface area contributed by atoms with Gasteiger partial charge in [-0.05, 0) is 44.2 Å². The maximum atomic E-state index is 12.0. The normalized spacial score (nSPS) is 27.2. The van der Waals surface area contributed by atoms with E-state index in [1.807, 2.05) is 12.1 Å². The molecule has 1 aromatic rings. The molecule has 1 aliphatic heterocycles. The van der Waals surface area contributed by atoms with Crippen LogP contribution < -0.4 is 5.32 Å². The predicted molar refractivity (Wildman–Crippen MR) is 73.6 cm³/mol. The highest BCUT2D eigenvalue weighted by Gasteiger charge is 2.39. The first kappa shape index (κ1) is 11.5. The third-order valence-electron chi connectivity index (χ3n) is 4.39. The zero-order valence-corrected chi connectivity index (χ0v) is 10.8. The van der Waals surface area contributed by atoms with E-state index in [0.717, 1.165) is 31.4 Å². The molecule has 1 heterocycles. The molecule has 0 saturated carbocycles. The van der Waals surface area contributed by atoms with Gasteiger partial charge in [-0.25, -0.2) is 0 Å². The van der Waals surface area contributed by atoms with Crippen molar-refractivity contribution < 1.29 is 4.79 Å². The Balaban J connectivity index is 2.04. The predicted octanol–water partition coefficient (Wildman–Crippen LogP) is 3.79. The van der Waals surface area contributed by atoms with Crippen molar-refractivity contribution in [1.29, 1.82) is 0 Å². The van der Waals surface area contributed by atoms with Gasteiger partial charge >= 0.3 is 0 Å². The number of hydrogen-bond acceptors (Lipinski definition) is 1. The molecule has 2 aliphatic rings. The fourth-order valence-electron chi connectivity index (χ4n) is 3.36. The van der Waals surface area contributed by atoms with Crippen molar-refractivity contribution in [3.8, 4) is 0 Å². The minimum absolute atomic E-state index is 0.0627. The van der Waals surface area contributed by atoms with Crippen LogP contribution in [-0.2, 0) is 10.2 Å². The average molecular weight is 241 g/mol. The third kappa shape index (κ3) is 1.86. The lowest BCUT2D eigenvalue weighted by Crippen LogP contribution is -2.37. The number of fused-ring (bicyclic) bond motifs is 2. The van der Waals surface area contributed by atoms with Crippen LogP contribution in [0, 0.1) is 0 Å². The Bertz CT molecular complexity index is 518. The fourth-order valence-corrected chi connectivity index (χ4v) is 3.36. The molecule has 1 unspecified atom stereocenters. The molecule has 2 heteroatoms. The van der Waals surface area contributed by atoms with Gasteiger partial charge in [0.1, 0.15) is 0 Å². The number of amides is 1. The molecule has 0 bridgehead atoms. The van der Waals surface area contributed by atoms with Gasteiger partial charge in [-0.1, -0.05) is 29.8 Å².